The molecule has 0 unspecified atom stereocenters. The molecule has 1 amide bonds. The highest BCUT2D eigenvalue weighted by molar-refractivity contribution is 5.76. The Bertz CT molecular complexity index is 220. The molecule has 0 bridgehead atoms. The fourth-order valence-corrected chi connectivity index (χ4v) is 2.34. The Balaban J connectivity index is 2.43. The first kappa shape index (κ1) is 12.2. The zero-order chi connectivity index (χ0) is 11.1. The molecule has 0 heterocycles. The number of nitrogens with one attached hydrogen (secondary N) is 1. The average molecular weight is 210 g/mol. The summed E-state index contributed by atoms with van der Waals surface area (Å²) in [5.74, 6) is 0.113. The molecule has 1 fully saturated rings. The van der Waals surface area contributed by atoms with Crippen LogP contribution in [-0.4, -0.2) is 19.0 Å². The van der Waals surface area contributed by atoms with E-state index in [0.29, 0.717) is 19.5 Å². The molecule has 0 saturated heterocycles. The quantitative estimate of drug-likeness (QED) is 0.677. The van der Waals surface area contributed by atoms with Gasteiger partial charge < -0.3 is 11.1 Å². The molecule has 0 aromatic heterocycles. The Hall–Kier alpha value is -0.830. The maximum atomic E-state index is 11.6. The number of hydrogen-bond donors (Lipinski definition) is 2. The molecule has 0 aliphatic heterocycles. The molecule has 15 heavy (non-hydrogen) atoms. The van der Waals surface area contributed by atoms with Crippen molar-refractivity contribution in [2.24, 2.45) is 11.1 Å². The number of nitrogens with two attached hydrogens (primary N) is 1. The molecular formula is C12H22N2O. The molecule has 1 rings (SSSR count). The van der Waals surface area contributed by atoms with Gasteiger partial charge in [-0.05, 0) is 24.8 Å². The lowest BCUT2D eigenvalue weighted by Gasteiger charge is -2.35. The van der Waals surface area contributed by atoms with Gasteiger partial charge in [-0.25, -0.2) is 0 Å². The minimum absolute atomic E-state index is 0.0729. The van der Waals surface area contributed by atoms with E-state index in [9.17, 15) is 4.79 Å². The molecule has 0 aromatic rings. The molecule has 3 nitrogen and oxygen atoms in total. The van der Waals surface area contributed by atoms with Gasteiger partial charge in [-0.15, -0.1) is 6.58 Å². The van der Waals surface area contributed by atoms with Crippen molar-refractivity contribution in [3.8, 4) is 0 Å². The van der Waals surface area contributed by atoms with Crippen molar-refractivity contribution in [2.45, 2.75) is 38.5 Å². The Labute approximate surface area is 92.1 Å². The zero-order valence-corrected chi connectivity index (χ0v) is 9.43. The molecule has 3 N–H and O–H groups in total. The molecule has 0 atom stereocenters. The first-order valence-electron chi connectivity index (χ1n) is 5.80. The number of carbonyl (C=O) groups excluding carboxylic acids is 1. The molecule has 1 aliphatic rings. The van der Waals surface area contributed by atoms with Crippen LogP contribution in [-0.2, 0) is 4.79 Å². The van der Waals surface area contributed by atoms with Gasteiger partial charge in [0.15, 0.2) is 0 Å². The van der Waals surface area contributed by atoms with Crippen LogP contribution in [0.1, 0.15) is 38.5 Å². The van der Waals surface area contributed by atoms with Crippen molar-refractivity contribution in [3.05, 3.63) is 12.7 Å². The van der Waals surface area contributed by atoms with Crippen LogP contribution in [0.25, 0.3) is 0 Å². The summed E-state index contributed by atoms with van der Waals surface area (Å²) in [5, 5.41) is 2.83. The lowest BCUT2D eigenvalue weighted by molar-refractivity contribution is -0.123. The third kappa shape index (κ3) is 3.67. The van der Waals surface area contributed by atoms with Gasteiger partial charge in [0.2, 0.25) is 5.91 Å². The SMILES string of the molecule is C=CCNC(=O)CC1(CN)CCCCC1. The van der Waals surface area contributed by atoms with Gasteiger partial charge in [-0.2, -0.15) is 0 Å². The Morgan fingerprint density at radius 1 is 1.40 bits per heavy atom. The highest BCUT2D eigenvalue weighted by Crippen LogP contribution is 2.38. The molecule has 0 spiro atoms. The van der Waals surface area contributed by atoms with E-state index >= 15 is 0 Å². The minimum atomic E-state index is 0.0729. The van der Waals surface area contributed by atoms with Crippen LogP contribution < -0.4 is 11.1 Å². The molecular weight excluding hydrogens is 188 g/mol. The van der Waals surface area contributed by atoms with E-state index in [1.165, 1.54) is 19.3 Å². The van der Waals surface area contributed by atoms with Crippen molar-refractivity contribution < 1.29 is 4.79 Å². The molecule has 0 radical (unpaired) electrons. The predicted octanol–water partition coefficient (Wildman–Crippen LogP) is 1.59. The Kier molecular flexibility index (Phi) is 4.82. The molecule has 1 saturated carbocycles. The summed E-state index contributed by atoms with van der Waals surface area (Å²) in [6.45, 7) is 4.77. The van der Waals surface area contributed by atoms with Gasteiger partial charge >= 0.3 is 0 Å². The first-order valence-corrected chi connectivity index (χ1v) is 5.80. The van der Waals surface area contributed by atoms with Crippen molar-refractivity contribution in [1.29, 1.82) is 0 Å². The van der Waals surface area contributed by atoms with Gasteiger partial charge in [-0.3, -0.25) is 4.79 Å². The third-order valence-corrected chi connectivity index (χ3v) is 3.33. The second-order valence-electron chi connectivity index (χ2n) is 4.53. The third-order valence-electron chi connectivity index (χ3n) is 3.33. The second kappa shape index (κ2) is 5.91. The van der Waals surface area contributed by atoms with E-state index in [2.05, 4.69) is 11.9 Å². The summed E-state index contributed by atoms with van der Waals surface area (Å²) in [6, 6.07) is 0. The fraction of sp³-hybridized carbons (Fsp3) is 0.750. The van der Waals surface area contributed by atoms with Crippen LogP contribution in [0.5, 0.6) is 0 Å². The molecule has 1 aliphatic carbocycles. The fourth-order valence-electron chi connectivity index (χ4n) is 2.34. The topological polar surface area (TPSA) is 55.1 Å². The maximum absolute atomic E-state index is 11.6. The van der Waals surface area contributed by atoms with Crippen molar-refractivity contribution in [2.75, 3.05) is 13.1 Å². The first-order chi connectivity index (χ1) is 7.22. The summed E-state index contributed by atoms with van der Waals surface area (Å²) < 4.78 is 0. The van der Waals surface area contributed by atoms with Crippen LogP contribution in [0, 0.1) is 5.41 Å². The van der Waals surface area contributed by atoms with Gasteiger partial charge in [0.25, 0.3) is 0 Å². The van der Waals surface area contributed by atoms with Gasteiger partial charge in [0, 0.05) is 13.0 Å². The molecule has 86 valence electrons. The maximum Gasteiger partial charge on any atom is 0.220 e. The average Bonchev–Trinajstić information content (AvgIpc) is 2.27. The molecule has 3 heteroatoms. The summed E-state index contributed by atoms with van der Waals surface area (Å²) >= 11 is 0. The summed E-state index contributed by atoms with van der Waals surface area (Å²) in [6.07, 6.45) is 8.20. The van der Waals surface area contributed by atoms with Crippen molar-refractivity contribution in [1.82, 2.24) is 5.32 Å². The predicted molar refractivity (Wildman–Crippen MR) is 62.4 cm³/mol. The summed E-state index contributed by atoms with van der Waals surface area (Å²) in [7, 11) is 0. The van der Waals surface area contributed by atoms with Gasteiger partial charge in [0.05, 0.1) is 0 Å². The van der Waals surface area contributed by atoms with E-state index in [0.717, 1.165) is 12.8 Å². The van der Waals surface area contributed by atoms with E-state index < -0.39 is 0 Å². The van der Waals surface area contributed by atoms with Crippen LogP contribution in [0.15, 0.2) is 12.7 Å². The second-order valence-corrected chi connectivity index (χ2v) is 4.53. The molecule has 0 aromatic carbocycles. The summed E-state index contributed by atoms with van der Waals surface area (Å²) in [4.78, 5) is 11.6. The Morgan fingerprint density at radius 2 is 2.07 bits per heavy atom. The van der Waals surface area contributed by atoms with Crippen LogP contribution >= 0.6 is 0 Å². The Morgan fingerprint density at radius 3 is 2.60 bits per heavy atom. The van der Waals surface area contributed by atoms with Gasteiger partial charge in [-0.1, -0.05) is 25.3 Å². The standard InChI is InChI=1S/C12H22N2O/c1-2-8-14-11(15)9-12(10-13)6-4-3-5-7-12/h2H,1,3-10,13H2,(H,14,15). The smallest absolute Gasteiger partial charge is 0.220 e. The monoisotopic (exact) mass is 210 g/mol. The van der Waals surface area contributed by atoms with Crippen molar-refractivity contribution >= 4 is 5.91 Å². The van der Waals surface area contributed by atoms with Crippen LogP contribution in [0.3, 0.4) is 0 Å². The number of hydrogen-bond acceptors (Lipinski definition) is 2. The highest BCUT2D eigenvalue weighted by Gasteiger charge is 2.32. The number of rotatable bonds is 5. The highest BCUT2D eigenvalue weighted by atomic mass is 16.1. The van der Waals surface area contributed by atoms with E-state index in [1.54, 1.807) is 6.08 Å². The summed E-state index contributed by atoms with van der Waals surface area (Å²) in [5.41, 5.74) is 5.89. The normalized spacial score (nSPS) is 19.5. The van der Waals surface area contributed by atoms with E-state index in [4.69, 9.17) is 5.73 Å². The van der Waals surface area contributed by atoms with E-state index in [1.807, 2.05) is 0 Å². The number of carbonyl (C=O) groups is 1. The number of amides is 1. The largest absolute Gasteiger partial charge is 0.353 e. The lowest BCUT2D eigenvalue weighted by Crippen LogP contribution is -2.38. The van der Waals surface area contributed by atoms with Crippen molar-refractivity contribution in [3.63, 3.8) is 0 Å². The minimum Gasteiger partial charge on any atom is -0.353 e. The lowest BCUT2D eigenvalue weighted by atomic mass is 9.71. The van der Waals surface area contributed by atoms with E-state index in [-0.39, 0.29) is 11.3 Å². The zero-order valence-electron chi connectivity index (χ0n) is 9.43. The van der Waals surface area contributed by atoms with Crippen LogP contribution in [0.2, 0.25) is 0 Å². The van der Waals surface area contributed by atoms with Gasteiger partial charge in [0.1, 0.15) is 0 Å². The van der Waals surface area contributed by atoms with Crippen LogP contribution in [0.4, 0.5) is 0 Å².